The molecule has 1 N–H and O–H groups in total. The van der Waals surface area contributed by atoms with Gasteiger partial charge in [0.15, 0.2) is 0 Å². The maximum absolute atomic E-state index is 12.3. The molecule has 0 aliphatic rings. The molecular weight excluding hydrogens is 336 g/mol. The molecule has 0 saturated heterocycles. The van der Waals surface area contributed by atoms with Crippen LogP contribution < -0.4 is 10.9 Å². The Morgan fingerprint density at radius 1 is 1.31 bits per heavy atom. The molecule has 1 aromatic carbocycles. The molecule has 1 aromatic heterocycles. The molecule has 8 heteroatoms. The Kier molecular flexibility index (Phi) is 5.52. The Labute approximate surface area is 150 Å². The number of esters is 1. The quantitative estimate of drug-likeness (QED) is 0.832. The monoisotopic (exact) mass is 354 g/mol. The number of amides is 1. The molecule has 0 bridgehead atoms. The Morgan fingerprint density at radius 3 is 2.62 bits per heavy atom. The molecule has 26 heavy (non-hydrogen) atoms. The fourth-order valence-corrected chi connectivity index (χ4v) is 2.34. The highest BCUT2D eigenvalue weighted by Gasteiger charge is 2.15. The molecular formula is C18H18N4O4. The van der Waals surface area contributed by atoms with Crippen molar-refractivity contribution in [3.8, 4) is 6.07 Å². The van der Waals surface area contributed by atoms with Gasteiger partial charge >= 0.3 is 5.97 Å². The van der Waals surface area contributed by atoms with Gasteiger partial charge in [0.1, 0.15) is 18.2 Å². The van der Waals surface area contributed by atoms with Crippen LogP contribution in [0.4, 0.5) is 5.69 Å². The fraction of sp³-hybridized carbons (Fsp3) is 0.278. The van der Waals surface area contributed by atoms with Crippen molar-refractivity contribution >= 4 is 17.6 Å². The molecule has 2 rings (SSSR count). The molecule has 0 unspecified atom stereocenters. The number of methoxy groups -OCH3 is 1. The van der Waals surface area contributed by atoms with Crippen LogP contribution in [0.2, 0.25) is 0 Å². The smallest absolute Gasteiger partial charge is 0.337 e. The van der Waals surface area contributed by atoms with Gasteiger partial charge in [-0.2, -0.15) is 10.4 Å². The number of carbonyl (C=O) groups excluding carboxylic acids is 2. The minimum Gasteiger partial charge on any atom is -0.465 e. The zero-order chi connectivity index (χ0) is 19.4. The average molecular weight is 354 g/mol. The third kappa shape index (κ3) is 3.78. The highest BCUT2D eigenvalue weighted by molar-refractivity contribution is 5.95. The SMILES string of the molecule is COC(=O)c1ccc(C)c(NC(=O)Cn2nc(C)c(C)c(C#N)c2=O)c1. The summed E-state index contributed by atoms with van der Waals surface area (Å²) in [5.74, 6) is -1.02. The van der Waals surface area contributed by atoms with E-state index in [-0.39, 0.29) is 12.1 Å². The van der Waals surface area contributed by atoms with Gasteiger partial charge < -0.3 is 10.1 Å². The summed E-state index contributed by atoms with van der Waals surface area (Å²) < 4.78 is 5.61. The van der Waals surface area contributed by atoms with E-state index in [1.165, 1.54) is 13.2 Å². The van der Waals surface area contributed by atoms with Gasteiger partial charge in [-0.05, 0) is 44.0 Å². The van der Waals surface area contributed by atoms with Crippen LogP contribution in [0.1, 0.15) is 32.7 Å². The molecule has 1 amide bonds. The number of aromatic nitrogens is 2. The van der Waals surface area contributed by atoms with Crippen molar-refractivity contribution in [3.63, 3.8) is 0 Å². The van der Waals surface area contributed by atoms with Crippen LogP contribution in [0.15, 0.2) is 23.0 Å². The van der Waals surface area contributed by atoms with E-state index in [9.17, 15) is 14.4 Å². The molecule has 0 atom stereocenters. The standard InChI is InChI=1S/C18H18N4O4/c1-10-5-6-13(18(25)26-4)7-15(10)20-16(23)9-22-17(24)14(8-19)11(2)12(3)21-22/h5-7H,9H2,1-4H3,(H,20,23). The third-order valence-corrected chi connectivity index (χ3v) is 3.97. The number of rotatable bonds is 4. The highest BCUT2D eigenvalue weighted by atomic mass is 16.5. The first-order valence-electron chi connectivity index (χ1n) is 7.75. The highest BCUT2D eigenvalue weighted by Crippen LogP contribution is 2.17. The number of anilines is 1. The van der Waals surface area contributed by atoms with E-state index in [0.717, 1.165) is 10.2 Å². The van der Waals surface area contributed by atoms with Crippen molar-refractivity contribution in [3.05, 3.63) is 56.5 Å². The average Bonchev–Trinajstić information content (AvgIpc) is 2.61. The summed E-state index contributed by atoms with van der Waals surface area (Å²) in [6.45, 7) is 4.71. The van der Waals surface area contributed by atoms with E-state index < -0.39 is 17.4 Å². The zero-order valence-electron chi connectivity index (χ0n) is 14.9. The Hall–Kier alpha value is -3.47. The second-order valence-corrected chi connectivity index (χ2v) is 5.73. The first-order valence-corrected chi connectivity index (χ1v) is 7.75. The number of hydrogen-bond donors (Lipinski definition) is 1. The second-order valence-electron chi connectivity index (χ2n) is 5.73. The largest absolute Gasteiger partial charge is 0.465 e. The summed E-state index contributed by atoms with van der Waals surface area (Å²) >= 11 is 0. The van der Waals surface area contributed by atoms with Gasteiger partial charge in [0.05, 0.1) is 18.4 Å². The number of nitrogens with one attached hydrogen (secondary N) is 1. The Morgan fingerprint density at radius 2 is 2.00 bits per heavy atom. The normalized spacial score (nSPS) is 10.1. The lowest BCUT2D eigenvalue weighted by Gasteiger charge is -2.12. The van der Waals surface area contributed by atoms with Crippen molar-refractivity contribution in [2.24, 2.45) is 0 Å². The van der Waals surface area contributed by atoms with E-state index in [2.05, 4.69) is 15.2 Å². The van der Waals surface area contributed by atoms with Gasteiger partial charge in [-0.15, -0.1) is 0 Å². The molecule has 0 fully saturated rings. The van der Waals surface area contributed by atoms with E-state index in [1.54, 1.807) is 32.9 Å². The van der Waals surface area contributed by atoms with E-state index in [4.69, 9.17) is 5.26 Å². The molecule has 0 saturated carbocycles. The van der Waals surface area contributed by atoms with Gasteiger partial charge in [-0.25, -0.2) is 9.48 Å². The first kappa shape index (κ1) is 18.9. The van der Waals surface area contributed by atoms with Crippen molar-refractivity contribution in [1.29, 1.82) is 5.26 Å². The summed E-state index contributed by atoms with van der Waals surface area (Å²) in [6, 6.07) is 6.61. The van der Waals surface area contributed by atoms with Crippen molar-refractivity contribution < 1.29 is 14.3 Å². The van der Waals surface area contributed by atoms with Gasteiger partial charge in [0, 0.05) is 5.69 Å². The lowest BCUT2D eigenvalue weighted by atomic mass is 10.1. The topological polar surface area (TPSA) is 114 Å². The predicted octanol–water partition coefficient (Wildman–Crippen LogP) is 1.47. The number of nitrogens with zero attached hydrogens (tertiary/aromatic N) is 3. The molecule has 0 aliphatic heterocycles. The van der Waals surface area contributed by atoms with Gasteiger partial charge in [0.2, 0.25) is 5.91 Å². The maximum Gasteiger partial charge on any atom is 0.337 e. The van der Waals surface area contributed by atoms with Crippen molar-refractivity contribution in [2.75, 3.05) is 12.4 Å². The summed E-state index contributed by atoms with van der Waals surface area (Å²) in [5.41, 5.74) is 1.80. The van der Waals surface area contributed by atoms with Crippen LogP contribution in [0, 0.1) is 32.1 Å². The molecule has 0 radical (unpaired) electrons. The van der Waals surface area contributed by atoms with E-state index in [1.807, 2.05) is 6.07 Å². The second kappa shape index (κ2) is 7.61. The Bertz CT molecular complexity index is 986. The number of aryl methyl sites for hydroxylation is 2. The summed E-state index contributed by atoms with van der Waals surface area (Å²) in [5, 5.41) is 15.8. The van der Waals surface area contributed by atoms with Crippen LogP contribution in [0.3, 0.4) is 0 Å². The van der Waals surface area contributed by atoms with Crippen LogP contribution in [0.5, 0.6) is 0 Å². The minimum atomic E-state index is -0.620. The van der Waals surface area contributed by atoms with Crippen LogP contribution in [-0.4, -0.2) is 28.8 Å². The summed E-state index contributed by atoms with van der Waals surface area (Å²) in [7, 11) is 1.27. The van der Waals surface area contributed by atoms with Crippen molar-refractivity contribution in [2.45, 2.75) is 27.3 Å². The lowest BCUT2D eigenvalue weighted by Crippen LogP contribution is -2.32. The Balaban J connectivity index is 2.28. The van der Waals surface area contributed by atoms with Gasteiger partial charge in [-0.1, -0.05) is 6.07 Å². The number of nitriles is 1. The number of carbonyl (C=O) groups is 2. The van der Waals surface area contributed by atoms with Crippen molar-refractivity contribution in [1.82, 2.24) is 9.78 Å². The first-order chi connectivity index (χ1) is 12.3. The van der Waals surface area contributed by atoms with Crippen LogP contribution in [-0.2, 0) is 16.1 Å². The van der Waals surface area contributed by atoms with Gasteiger partial charge in [-0.3, -0.25) is 9.59 Å². The minimum absolute atomic E-state index is 0.0332. The third-order valence-electron chi connectivity index (χ3n) is 3.97. The molecule has 134 valence electrons. The number of ether oxygens (including phenoxy) is 1. The molecule has 2 aromatic rings. The van der Waals surface area contributed by atoms with Crippen LogP contribution in [0.25, 0.3) is 0 Å². The number of hydrogen-bond acceptors (Lipinski definition) is 6. The lowest BCUT2D eigenvalue weighted by molar-refractivity contribution is -0.117. The molecule has 8 nitrogen and oxygen atoms in total. The predicted molar refractivity (Wildman–Crippen MR) is 93.8 cm³/mol. The van der Waals surface area contributed by atoms with E-state index >= 15 is 0 Å². The fourth-order valence-electron chi connectivity index (χ4n) is 2.34. The summed E-state index contributed by atoms with van der Waals surface area (Å²) in [4.78, 5) is 36.2. The summed E-state index contributed by atoms with van der Waals surface area (Å²) in [6.07, 6.45) is 0. The number of benzene rings is 1. The van der Waals surface area contributed by atoms with Gasteiger partial charge in [0.25, 0.3) is 5.56 Å². The van der Waals surface area contributed by atoms with E-state index in [0.29, 0.717) is 22.5 Å². The molecule has 0 spiro atoms. The maximum atomic E-state index is 12.3. The molecule has 1 heterocycles. The zero-order valence-corrected chi connectivity index (χ0v) is 14.9. The molecule has 0 aliphatic carbocycles. The van der Waals surface area contributed by atoms with Crippen LogP contribution >= 0.6 is 0 Å².